The van der Waals surface area contributed by atoms with E-state index in [4.69, 9.17) is 20.8 Å². The van der Waals surface area contributed by atoms with Crippen LogP contribution in [0.25, 0.3) is 22.4 Å². The van der Waals surface area contributed by atoms with Gasteiger partial charge in [0, 0.05) is 37.4 Å². The van der Waals surface area contributed by atoms with Gasteiger partial charge in [-0.25, -0.2) is 4.79 Å². The van der Waals surface area contributed by atoms with E-state index in [2.05, 4.69) is 14.7 Å². The largest absolute Gasteiger partial charge is 0.573 e. The first-order valence-electron chi connectivity index (χ1n) is 10.9. The summed E-state index contributed by atoms with van der Waals surface area (Å²) in [5, 5.41) is -0.280. The Morgan fingerprint density at radius 2 is 1.97 bits per heavy atom. The summed E-state index contributed by atoms with van der Waals surface area (Å²) in [6.07, 6.45) is -3.87. The number of carbonyl (C=O) groups is 1. The number of amides is 1. The Kier molecular flexibility index (Phi) is 6.48. The normalized spacial score (nSPS) is 17.1. The van der Waals surface area contributed by atoms with Gasteiger partial charge >= 0.3 is 12.5 Å². The molecule has 0 aliphatic carbocycles. The van der Waals surface area contributed by atoms with Crippen LogP contribution in [0.1, 0.15) is 27.7 Å². The summed E-state index contributed by atoms with van der Waals surface area (Å²) in [6.45, 7) is 8.17. The summed E-state index contributed by atoms with van der Waals surface area (Å²) in [5.41, 5.74) is 0.0760. The number of rotatable bonds is 3. The number of piperazine rings is 1. The number of anilines is 1. The third-order valence-electron chi connectivity index (χ3n) is 5.25. The highest BCUT2D eigenvalue weighted by Crippen LogP contribution is 2.43. The molecule has 3 heterocycles. The van der Waals surface area contributed by atoms with Gasteiger partial charge in [-0.2, -0.15) is 4.98 Å². The zero-order valence-corrected chi connectivity index (χ0v) is 20.3. The molecule has 1 fully saturated rings. The quantitative estimate of drug-likeness (QED) is 0.433. The van der Waals surface area contributed by atoms with Gasteiger partial charge in [0.15, 0.2) is 16.8 Å². The molecule has 1 atom stereocenters. The van der Waals surface area contributed by atoms with Crippen molar-refractivity contribution in [3.8, 4) is 17.0 Å². The molecule has 1 saturated heterocycles. The number of alkyl halides is 3. The Labute approximate surface area is 204 Å². The van der Waals surface area contributed by atoms with Crippen molar-refractivity contribution in [1.82, 2.24) is 14.9 Å². The molecule has 35 heavy (non-hydrogen) atoms. The van der Waals surface area contributed by atoms with Crippen LogP contribution in [0.5, 0.6) is 5.75 Å². The number of nitrogens with zero attached hydrogens (tertiary/aromatic N) is 4. The maximum absolute atomic E-state index is 13.1. The first kappa shape index (κ1) is 24.9. The number of hydrogen-bond acceptors (Lipinski definition) is 7. The van der Waals surface area contributed by atoms with E-state index >= 15 is 0 Å². The van der Waals surface area contributed by atoms with Crippen molar-refractivity contribution in [1.29, 1.82) is 0 Å². The molecule has 1 amide bonds. The average Bonchev–Trinajstić information content (AvgIpc) is 3.19. The molecule has 0 N–H and O–H groups in total. The van der Waals surface area contributed by atoms with Crippen LogP contribution in [0.3, 0.4) is 0 Å². The average molecular weight is 513 g/mol. The summed E-state index contributed by atoms with van der Waals surface area (Å²) in [5.74, 6) is -0.649. The first-order chi connectivity index (χ1) is 16.3. The minimum atomic E-state index is -4.98. The molecular weight excluding hydrogens is 489 g/mol. The SMILES string of the molecule is CC1CN(C(=O)OC(C)(C)C)CCN1c1nc2c(OC(F)(F)F)c(Cl)cc(-c3ccccn3)c2o1. The van der Waals surface area contributed by atoms with E-state index < -0.39 is 23.8 Å². The molecule has 0 bridgehead atoms. The van der Waals surface area contributed by atoms with Crippen LogP contribution in [0, 0.1) is 0 Å². The van der Waals surface area contributed by atoms with Crippen molar-refractivity contribution in [2.24, 2.45) is 0 Å². The van der Waals surface area contributed by atoms with Crippen LogP contribution in [0.2, 0.25) is 5.02 Å². The van der Waals surface area contributed by atoms with E-state index in [0.29, 0.717) is 30.9 Å². The fourth-order valence-corrected chi connectivity index (χ4v) is 4.04. The topological polar surface area (TPSA) is 80.9 Å². The predicted molar refractivity (Wildman–Crippen MR) is 124 cm³/mol. The van der Waals surface area contributed by atoms with Crippen molar-refractivity contribution in [3.05, 3.63) is 35.5 Å². The molecule has 188 valence electrons. The van der Waals surface area contributed by atoms with E-state index in [1.807, 2.05) is 6.92 Å². The van der Waals surface area contributed by atoms with Gasteiger partial charge < -0.3 is 23.7 Å². The number of aromatic nitrogens is 2. The zero-order chi connectivity index (χ0) is 25.5. The maximum atomic E-state index is 13.1. The molecule has 8 nitrogen and oxygen atoms in total. The molecule has 1 aliphatic rings. The summed E-state index contributed by atoms with van der Waals surface area (Å²) < 4.78 is 55.0. The van der Waals surface area contributed by atoms with Crippen LogP contribution in [-0.4, -0.2) is 58.6 Å². The molecule has 0 spiro atoms. The number of ether oxygens (including phenoxy) is 2. The van der Waals surface area contributed by atoms with Gasteiger partial charge in [-0.15, -0.1) is 13.2 Å². The Morgan fingerprint density at radius 3 is 2.57 bits per heavy atom. The molecule has 1 unspecified atom stereocenters. The first-order valence-corrected chi connectivity index (χ1v) is 11.2. The number of fused-ring (bicyclic) bond motifs is 1. The smallest absolute Gasteiger partial charge is 0.444 e. The van der Waals surface area contributed by atoms with Crippen molar-refractivity contribution in [3.63, 3.8) is 0 Å². The van der Waals surface area contributed by atoms with Crippen LogP contribution >= 0.6 is 11.6 Å². The molecule has 4 rings (SSSR count). The number of oxazole rings is 1. The number of hydrogen-bond donors (Lipinski definition) is 0. The molecule has 2 aromatic heterocycles. The van der Waals surface area contributed by atoms with Gasteiger partial charge in [0.25, 0.3) is 6.01 Å². The summed E-state index contributed by atoms with van der Waals surface area (Å²) in [4.78, 5) is 24.4. The Balaban J connectivity index is 1.71. The fourth-order valence-electron chi connectivity index (χ4n) is 3.80. The minimum Gasteiger partial charge on any atom is -0.444 e. The van der Waals surface area contributed by atoms with Gasteiger partial charge in [-0.05, 0) is 45.9 Å². The lowest BCUT2D eigenvalue weighted by molar-refractivity contribution is -0.274. The van der Waals surface area contributed by atoms with E-state index in [1.165, 1.54) is 6.07 Å². The molecule has 0 radical (unpaired) electrons. The molecule has 1 aliphatic heterocycles. The van der Waals surface area contributed by atoms with E-state index in [0.717, 1.165) is 0 Å². The highest BCUT2D eigenvalue weighted by Gasteiger charge is 2.36. The van der Waals surface area contributed by atoms with Gasteiger partial charge in [-0.3, -0.25) is 4.98 Å². The second-order valence-electron chi connectivity index (χ2n) is 9.14. The number of benzene rings is 1. The predicted octanol–water partition coefficient (Wildman–Crippen LogP) is 5.89. The fraction of sp³-hybridized carbons (Fsp3) is 0.435. The van der Waals surface area contributed by atoms with Crippen LogP contribution < -0.4 is 9.64 Å². The molecule has 0 saturated carbocycles. The standard InChI is InChI=1S/C23H24ClF3N4O4/c1-13-12-30(21(32)35-22(2,3)4)9-10-31(13)20-29-17-18(33-20)14(16-7-5-6-8-28-16)11-15(24)19(17)34-23(25,26)27/h5-8,11,13H,9-10,12H2,1-4H3. The zero-order valence-electron chi connectivity index (χ0n) is 19.5. The summed E-state index contributed by atoms with van der Waals surface area (Å²) in [6, 6.07) is 6.26. The highest BCUT2D eigenvalue weighted by atomic mass is 35.5. The molecule has 1 aromatic carbocycles. The lowest BCUT2D eigenvalue weighted by Gasteiger charge is -2.39. The van der Waals surface area contributed by atoms with E-state index in [1.54, 1.807) is 55.0 Å². The van der Waals surface area contributed by atoms with E-state index in [9.17, 15) is 18.0 Å². The molecule has 3 aromatic rings. The lowest BCUT2D eigenvalue weighted by Crippen LogP contribution is -2.54. The molecular formula is C23H24ClF3N4O4. The second-order valence-corrected chi connectivity index (χ2v) is 9.55. The van der Waals surface area contributed by atoms with Crippen molar-refractivity contribution >= 4 is 34.8 Å². The lowest BCUT2D eigenvalue weighted by atomic mass is 10.1. The number of pyridine rings is 1. The number of carbonyl (C=O) groups excluding carboxylic acids is 1. The van der Waals surface area contributed by atoms with Gasteiger partial charge in [-0.1, -0.05) is 17.7 Å². The highest BCUT2D eigenvalue weighted by molar-refractivity contribution is 6.33. The third-order valence-corrected chi connectivity index (χ3v) is 5.53. The van der Waals surface area contributed by atoms with Gasteiger partial charge in [0.1, 0.15) is 5.60 Å². The van der Waals surface area contributed by atoms with Crippen molar-refractivity contribution in [2.75, 3.05) is 24.5 Å². The minimum absolute atomic E-state index is 0.0594. The Morgan fingerprint density at radius 1 is 1.23 bits per heavy atom. The van der Waals surface area contributed by atoms with Crippen molar-refractivity contribution in [2.45, 2.75) is 45.7 Å². The third kappa shape index (κ3) is 5.55. The van der Waals surface area contributed by atoms with E-state index in [-0.39, 0.29) is 28.2 Å². The number of halogens is 4. The summed E-state index contributed by atoms with van der Waals surface area (Å²) >= 11 is 6.19. The second kappa shape index (κ2) is 9.10. The van der Waals surface area contributed by atoms with Gasteiger partial charge in [0.2, 0.25) is 0 Å². The monoisotopic (exact) mass is 512 g/mol. The van der Waals surface area contributed by atoms with Gasteiger partial charge in [0.05, 0.1) is 10.7 Å². The Hall–Kier alpha value is -3.21. The summed E-state index contributed by atoms with van der Waals surface area (Å²) in [7, 11) is 0. The maximum Gasteiger partial charge on any atom is 0.573 e. The van der Waals surface area contributed by atoms with Crippen LogP contribution in [0.15, 0.2) is 34.9 Å². The van der Waals surface area contributed by atoms with Crippen LogP contribution in [-0.2, 0) is 4.74 Å². The Bertz CT molecular complexity index is 1230. The van der Waals surface area contributed by atoms with Crippen molar-refractivity contribution < 1.29 is 31.9 Å². The van der Waals surface area contributed by atoms with Crippen LogP contribution in [0.4, 0.5) is 24.0 Å². The molecule has 12 heteroatoms.